The molecule has 9 heteroatoms. The molecule has 102 valence electrons. The lowest BCUT2D eigenvalue weighted by Gasteiger charge is -2.42. The van der Waals surface area contributed by atoms with Gasteiger partial charge in [-0.05, 0) is 0 Å². The second-order valence-corrected chi connectivity index (χ2v) is 5.67. The summed E-state index contributed by atoms with van der Waals surface area (Å²) >= 11 is 0. The largest absolute Gasteiger partial charge is 0.396 e. The van der Waals surface area contributed by atoms with Crippen molar-refractivity contribution < 1.29 is 38.1 Å². The van der Waals surface area contributed by atoms with Crippen molar-refractivity contribution in [1.29, 1.82) is 0 Å². The van der Waals surface area contributed by atoms with Crippen molar-refractivity contribution in [3.8, 4) is 0 Å². The van der Waals surface area contributed by atoms with Gasteiger partial charge in [0.25, 0.3) is 10.1 Å². The summed E-state index contributed by atoms with van der Waals surface area (Å²) in [5.74, 6) is -1.21. The van der Waals surface area contributed by atoms with Crippen LogP contribution < -0.4 is 0 Å². The molecular weight excluding hydrogens is 256 g/mol. The molecule has 0 saturated heterocycles. The maximum absolute atomic E-state index is 11.0. The van der Waals surface area contributed by atoms with E-state index >= 15 is 0 Å². The lowest BCUT2D eigenvalue weighted by atomic mass is 9.79. The maximum atomic E-state index is 11.0. The van der Waals surface area contributed by atoms with Crippen LogP contribution >= 0.6 is 0 Å². The summed E-state index contributed by atoms with van der Waals surface area (Å²) in [7, 11) is -3.94. The molecular formula is C8H16O8S. The first-order valence-corrected chi connectivity index (χ1v) is 6.72. The number of hydrogen-bond acceptors (Lipinski definition) is 8. The SMILES string of the molecule is CS(=O)(=O)O[C@H]1[C@H](O)[C@H](O)[C@@H](O)[C@H](O)[C@H]1CO. The van der Waals surface area contributed by atoms with E-state index in [9.17, 15) is 28.8 Å². The van der Waals surface area contributed by atoms with E-state index in [2.05, 4.69) is 4.18 Å². The fourth-order valence-corrected chi connectivity index (χ4v) is 2.50. The summed E-state index contributed by atoms with van der Waals surface area (Å²) in [5.41, 5.74) is 0. The molecule has 5 N–H and O–H groups in total. The van der Waals surface area contributed by atoms with Crippen LogP contribution in [-0.4, -0.2) is 77.3 Å². The number of aliphatic hydroxyl groups is 5. The molecule has 0 heterocycles. The van der Waals surface area contributed by atoms with Crippen LogP contribution in [0.4, 0.5) is 0 Å². The van der Waals surface area contributed by atoms with Crippen LogP contribution in [0.2, 0.25) is 0 Å². The average Bonchev–Trinajstić information content (AvgIpc) is 2.22. The Labute approximate surface area is 98.2 Å². The standard InChI is InChI=1S/C8H16O8S/c1-17(14,15)16-8-3(2-9)4(10)5(11)6(12)7(8)13/h3-13H,2H2,1H3/t3-,4-,5+,6-,7-,8-/m1/s1. The smallest absolute Gasteiger partial charge is 0.264 e. The maximum Gasteiger partial charge on any atom is 0.264 e. The third-order valence-electron chi connectivity index (χ3n) is 2.74. The molecule has 0 aromatic rings. The van der Waals surface area contributed by atoms with E-state index in [1.54, 1.807) is 0 Å². The molecule has 1 aliphatic rings. The first kappa shape index (κ1) is 14.8. The Balaban J connectivity index is 2.98. The zero-order valence-corrected chi connectivity index (χ0v) is 9.86. The monoisotopic (exact) mass is 272 g/mol. The van der Waals surface area contributed by atoms with E-state index in [-0.39, 0.29) is 0 Å². The van der Waals surface area contributed by atoms with Crippen LogP contribution in [0, 0.1) is 5.92 Å². The zero-order valence-electron chi connectivity index (χ0n) is 9.04. The lowest BCUT2D eigenvalue weighted by molar-refractivity contribution is -0.202. The first-order valence-electron chi connectivity index (χ1n) is 4.90. The van der Waals surface area contributed by atoms with Gasteiger partial charge in [-0.15, -0.1) is 0 Å². The van der Waals surface area contributed by atoms with Gasteiger partial charge in [-0.25, -0.2) is 0 Å². The molecule has 0 aliphatic heterocycles. The minimum Gasteiger partial charge on any atom is -0.396 e. The van der Waals surface area contributed by atoms with Gasteiger partial charge in [0, 0.05) is 5.92 Å². The lowest BCUT2D eigenvalue weighted by Crippen LogP contribution is -2.62. The van der Waals surface area contributed by atoms with Crippen molar-refractivity contribution in [1.82, 2.24) is 0 Å². The van der Waals surface area contributed by atoms with Crippen LogP contribution in [0.5, 0.6) is 0 Å². The molecule has 1 saturated carbocycles. The highest BCUT2D eigenvalue weighted by Gasteiger charge is 2.50. The Kier molecular flexibility index (Phi) is 4.47. The first-order chi connectivity index (χ1) is 7.69. The molecule has 1 fully saturated rings. The summed E-state index contributed by atoms with van der Waals surface area (Å²) in [4.78, 5) is 0. The van der Waals surface area contributed by atoms with Crippen LogP contribution in [0.25, 0.3) is 0 Å². The van der Waals surface area contributed by atoms with E-state index in [1.165, 1.54) is 0 Å². The van der Waals surface area contributed by atoms with Gasteiger partial charge in [-0.1, -0.05) is 0 Å². The highest BCUT2D eigenvalue weighted by atomic mass is 32.2. The van der Waals surface area contributed by atoms with Gasteiger partial charge in [0.2, 0.25) is 0 Å². The van der Waals surface area contributed by atoms with E-state index in [4.69, 9.17) is 5.11 Å². The van der Waals surface area contributed by atoms with Crippen molar-refractivity contribution in [3.05, 3.63) is 0 Å². The van der Waals surface area contributed by atoms with Crippen molar-refractivity contribution in [2.45, 2.75) is 30.5 Å². The van der Waals surface area contributed by atoms with Crippen molar-refractivity contribution in [3.63, 3.8) is 0 Å². The highest BCUT2D eigenvalue weighted by molar-refractivity contribution is 7.86. The zero-order chi connectivity index (χ0) is 13.4. The van der Waals surface area contributed by atoms with Crippen LogP contribution in [0.1, 0.15) is 0 Å². The molecule has 0 amide bonds. The summed E-state index contributed by atoms with van der Waals surface area (Å²) in [5, 5.41) is 46.9. The Hall–Kier alpha value is -0.290. The topological polar surface area (TPSA) is 145 Å². The quantitative estimate of drug-likeness (QED) is 0.331. The molecule has 0 radical (unpaired) electrons. The van der Waals surface area contributed by atoms with Gasteiger partial charge in [0.05, 0.1) is 19.0 Å². The second kappa shape index (κ2) is 5.14. The Morgan fingerprint density at radius 1 is 1.00 bits per heavy atom. The molecule has 8 nitrogen and oxygen atoms in total. The second-order valence-electron chi connectivity index (χ2n) is 4.07. The molecule has 1 aliphatic carbocycles. The number of aliphatic hydroxyl groups excluding tert-OH is 5. The van der Waals surface area contributed by atoms with Gasteiger partial charge in [-0.3, -0.25) is 4.18 Å². The Morgan fingerprint density at radius 3 is 1.88 bits per heavy atom. The molecule has 1 rings (SSSR count). The molecule has 0 aromatic heterocycles. The van der Waals surface area contributed by atoms with Gasteiger partial charge in [0.15, 0.2) is 0 Å². The van der Waals surface area contributed by atoms with E-state index in [0.717, 1.165) is 6.26 Å². The predicted molar refractivity (Wildman–Crippen MR) is 54.3 cm³/mol. The van der Waals surface area contributed by atoms with Crippen LogP contribution in [0.15, 0.2) is 0 Å². The fourth-order valence-electron chi connectivity index (χ4n) is 1.84. The minimum atomic E-state index is -3.94. The molecule has 0 bridgehead atoms. The summed E-state index contributed by atoms with van der Waals surface area (Å²) < 4.78 is 26.4. The van der Waals surface area contributed by atoms with Crippen molar-refractivity contribution in [2.75, 3.05) is 12.9 Å². The molecule has 0 unspecified atom stereocenters. The van der Waals surface area contributed by atoms with E-state index in [0.29, 0.717) is 0 Å². The minimum absolute atomic E-state index is 0.706. The average molecular weight is 272 g/mol. The van der Waals surface area contributed by atoms with Gasteiger partial charge < -0.3 is 25.5 Å². The third kappa shape index (κ3) is 3.13. The van der Waals surface area contributed by atoms with Gasteiger partial charge >= 0.3 is 0 Å². The Morgan fingerprint density at radius 2 is 1.47 bits per heavy atom. The molecule has 0 spiro atoms. The summed E-state index contributed by atoms with van der Waals surface area (Å²) in [6.45, 7) is -0.706. The van der Waals surface area contributed by atoms with Crippen LogP contribution in [-0.2, 0) is 14.3 Å². The predicted octanol–water partition coefficient (Wildman–Crippen LogP) is -3.60. The third-order valence-corrected chi connectivity index (χ3v) is 3.32. The normalized spacial score (nSPS) is 43.6. The summed E-state index contributed by atoms with van der Waals surface area (Å²) in [6, 6.07) is 0. The number of rotatable bonds is 3. The van der Waals surface area contributed by atoms with Gasteiger partial charge in [-0.2, -0.15) is 8.42 Å². The summed E-state index contributed by atoms with van der Waals surface area (Å²) in [6.07, 6.45) is -7.52. The van der Waals surface area contributed by atoms with E-state index < -0.39 is 53.2 Å². The molecule has 0 aromatic carbocycles. The van der Waals surface area contributed by atoms with Gasteiger partial charge in [0.1, 0.15) is 24.4 Å². The Bertz CT molecular complexity index is 355. The fraction of sp³-hybridized carbons (Fsp3) is 1.00. The number of hydrogen-bond donors (Lipinski definition) is 5. The molecule has 6 atom stereocenters. The van der Waals surface area contributed by atoms with Crippen molar-refractivity contribution in [2.24, 2.45) is 5.92 Å². The highest BCUT2D eigenvalue weighted by Crippen LogP contribution is 2.29. The van der Waals surface area contributed by atoms with E-state index in [1.807, 2.05) is 0 Å². The van der Waals surface area contributed by atoms with Crippen LogP contribution in [0.3, 0.4) is 0 Å². The van der Waals surface area contributed by atoms with Crippen molar-refractivity contribution >= 4 is 10.1 Å². The molecule has 17 heavy (non-hydrogen) atoms.